The molecule has 2 heterocycles. The summed E-state index contributed by atoms with van der Waals surface area (Å²) in [7, 11) is 0. The molecule has 3 rings (SSSR count). The van der Waals surface area contributed by atoms with Crippen molar-refractivity contribution >= 4 is 5.91 Å². The summed E-state index contributed by atoms with van der Waals surface area (Å²) in [5.41, 5.74) is 0.821. The third-order valence-corrected chi connectivity index (χ3v) is 4.22. The van der Waals surface area contributed by atoms with Gasteiger partial charge in [-0.3, -0.25) is 4.79 Å². The Balaban J connectivity index is 1.81. The number of halogens is 1. The molecule has 1 amide bonds. The second-order valence-electron chi connectivity index (χ2n) is 6.49. The number of likely N-dealkylation sites (tertiary alicyclic amines) is 1. The van der Waals surface area contributed by atoms with Crippen molar-refractivity contribution in [1.82, 2.24) is 15.0 Å². The molecule has 0 aliphatic carbocycles. The van der Waals surface area contributed by atoms with Crippen LogP contribution in [-0.2, 0) is 11.3 Å². The van der Waals surface area contributed by atoms with Crippen molar-refractivity contribution < 1.29 is 18.4 Å². The van der Waals surface area contributed by atoms with Gasteiger partial charge >= 0.3 is 0 Å². The van der Waals surface area contributed by atoms with Crippen molar-refractivity contribution in [1.29, 1.82) is 0 Å². The van der Waals surface area contributed by atoms with Gasteiger partial charge in [0.15, 0.2) is 5.82 Å². The highest BCUT2D eigenvalue weighted by Gasteiger charge is 2.33. The van der Waals surface area contributed by atoms with E-state index in [0.29, 0.717) is 29.4 Å². The molecular formula is C18H22FN3O3. The van der Waals surface area contributed by atoms with Crippen LogP contribution in [0.1, 0.15) is 60.4 Å². The summed E-state index contributed by atoms with van der Waals surface area (Å²) in [6.07, 6.45) is 1.65. The van der Waals surface area contributed by atoms with E-state index >= 15 is 0 Å². The van der Waals surface area contributed by atoms with Gasteiger partial charge in [0.25, 0.3) is 5.91 Å². The van der Waals surface area contributed by atoms with Gasteiger partial charge in [0, 0.05) is 24.6 Å². The zero-order valence-corrected chi connectivity index (χ0v) is 14.7. The molecule has 1 aliphatic rings. The minimum Gasteiger partial charge on any atom is -0.374 e. The molecule has 1 aromatic heterocycles. The highest BCUT2D eigenvalue weighted by Crippen LogP contribution is 2.31. The molecule has 2 aromatic rings. The standard InChI is InChI=1S/C18H22FN3O3/c1-11(2)24-10-14-9-13(6-7-15(14)19)18(23)22-8-4-5-16(22)17-20-12(3)25-21-17/h6-7,9,11,16H,4-5,8,10H2,1-3H3. The quantitative estimate of drug-likeness (QED) is 0.829. The van der Waals surface area contributed by atoms with Crippen molar-refractivity contribution in [2.24, 2.45) is 0 Å². The third kappa shape index (κ3) is 3.87. The lowest BCUT2D eigenvalue weighted by atomic mass is 10.1. The van der Waals surface area contributed by atoms with Crippen LogP contribution in [0.15, 0.2) is 22.7 Å². The number of ether oxygens (including phenoxy) is 1. The predicted octanol–water partition coefficient (Wildman–Crippen LogP) is 3.42. The highest BCUT2D eigenvalue weighted by molar-refractivity contribution is 5.94. The molecule has 1 aliphatic heterocycles. The normalized spacial score (nSPS) is 17.5. The zero-order valence-electron chi connectivity index (χ0n) is 14.7. The molecule has 1 unspecified atom stereocenters. The Morgan fingerprint density at radius 3 is 2.96 bits per heavy atom. The zero-order chi connectivity index (χ0) is 18.0. The van der Waals surface area contributed by atoms with Gasteiger partial charge in [-0.1, -0.05) is 5.16 Å². The average Bonchev–Trinajstić information content (AvgIpc) is 3.21. The van der Waals surface area contributed by atoms with Crippen molar-refractivity contribution in [2.75, 3.05) is 6.54 Å². The number of rotatable bonds is 5. The number of nitrogens with zero attached hydrogens (tertiary/aromatic N) is 3. The second kappa shape index (κ2) is 7.31. The van der Waals surface area contributed by atoms with Gasteiger partial charge in [0.2, 0.25) is 5.89 Å². The third-order valence-electron chi connectivity index (χ3n) is 4.22. The molecule has 0 spiro atoms. The summed E-state index contributed by atoms with van der Waals surface area (Å²) in [5, 5.41) is 3.94. The number of benzene rings is 1. The van der Waals surface area contributed by atoms with Crippen LogP contribution in [0.2, 0.25) is 0 Å². The van der Waals surface area contributed by atoms with Crippen LogP contribution in [0.5, 0.6) is 0 Å². The van der Waals surface area contributed by atoms with Gasteiger partial charge in [0.05, 0.1) is 18.8 Å². The monoisotopic (exact) mass is 347 g/mol. The molecular weight excluding hydrogens is 325 g/mol. The maximum Gasteiger partial charge on any atom is 0.254 e. The van der Waals surface area contributed by atoms with E-state index in [1.165, 1.54) is 12.1 Å². The summed E-state index contributed by atoms with van der Waals surface area (Å²) in [6.45, 7) is 6.24. The second-order valence-corrected chi connectivity index (χ2v) is 6.49. The SMILES string of the molecule is Cc1nc(C2CCCN2C(=O)c2ccc(F)c(COC(C)C)c2)no1. The molecule has 1 atom stereocenters. The van der Waals surface area contributed by atoms with E-state index in [0.717, 1.165) is 12.8 Å². The van der Waals surface area contributed by atoms with Gasteiger partial charge < -0.3 is 14.2 Å². The first-order valence-electron chi connectivity index (χ1n) is 8.47. The maximum absolute atomic E-state index is 14.0. The Morgan fingerprint density at radius 2 is 2.28 bits per heavy atom. The van der Waals surface area contributed by atoms with Crippen LogP contribution in [0, 0.1) is 12.7 Å². The van der Waals surface area contributed by atoms with Gasteiger partial charge in [-0.15, -0.1) is 0 Å². The molecule has 7 heteroatoms. The lowest BCUT2D eigenvalue weighted by Crippen LogP contribution is -2.31. The maximum atomic E-state index is 14.0. The Labute approximate surface area is 146 Å². The molecule has 1 aromatic carbocycles. The Bertz CT molecular complexity index is 760. The van der Waals surface area contributed by atoms with Crippen LogP contribution in [0.3, 0.4) is 0 Å². The fourth-order valence-corrected chi connectivity index (χ4v) is 2.97. The van der Waals surface area contributed by atoms with Gasteiger partial charge in [-0.05, 0) is 44.9 Å². The molecule has 25 heavy (non-hydrogen) atoms. The van der Waals surface area contributed by atoms with Gasteiger partial charge in [0.1, 0.15) is 5.82 Å². The molecule has 0 N–H and O–H groups in total. The molecule has 0 bridgehead atoms. The Morgan fingerprint density at radius 1 is 1.48 bits per heavy atom. The van der Waals surface area contributed by atoms with Crippen molar-refractivity contribution in [3.63, 3.8) is 0 Å². The molecule has 6 nitrogen and oxygen atoms in total. The number of hydrogen-bond acceptors (Lipinski definition) is 5. The molecule has 1 saturated heterocycles. The lowest BCUT2D eigenvalue weighted by molar-refractivity contribution is 0.0637. The molecule has 0 radical (unpaired) electrons. The van der Waals surface area contributed by atoms with Crippen molar-refractivity contribution in [2.45, 2.75) is 52.4 Å². The largest absolute Gasteiger partial charge is 0.374 e. The highest BCUT2D eigenvalue weighted by atomic mass is 19.1. The summed E-state index contributed by atoms with van der Waals surface area (Å²) >= 11 is 0. The number of hydrogen-bond donors (Lipinski definition) is 0. The van der Waals surface area contributed by atoms with Crippen LogP contribution < -0.4 is 0 Å². The van der Waals surface area contributed by atoms with Crippen molar-refractivity contribution in [3.05, 3.63) is 46.9 Å². The van der Waals surface area contributed by atoms with E-state index in [4.69, 9.17) is 9.26 Å². The minimum atomic E-state index is -0.371. The topological polar surface area (TPSA) is 68.5 Å². The Kier molecular flexibility index (Phi) is 5.13. The van der Waals surface area contributed by atoms with Crippen LogP contribution in [-0.4, -0.2) is 33.6 Å². The smallest absolute Gasteiger partial charge is 0.254 e. The summed E-state index contributed by atoms with van der Waals surface area (Å²) in [4.78, 5) is 18.9. The average molecular weight is 347 g/mol. The first-order valence-corrected chi connectivity index (χ1v) is 8.47. The summed E-state index contributed by atoms with van der Waals surface area (Å²) in [5.74, 6) is 0.470. The first-order chi connectivity index (χ1) is 12.0. The van der Waals surface area contributed by atoms with Gasteiger partial charge in [-0.25, -0.2) is 4.39 Å². The number of aryl methyl sites for hydroxylation is 1. The van der Waals surface area contributed by atoms with E-state index in [9.17, 15) is 9.18 Å². The fraction of sp³-hybridized carbons (Fsp3) is 0.500. The van der Waals surface area contributed by atoms with Crippen molar-refractivity contribution in [3.8, 4) is 0 Å². The Hall–Kier alpha value is -2.28. The van der Waals surface area contributed by atoms with E-state index < -0.39 is 0 Å². The predicted molar refractivity (Wildman–Crippen MR) is 88.4 cm³/mol. The van der Waals surface area contributed by atoms with E-state index in [1.807, 2.05) is 13.8 Å². The minimum absolute atomic E-state index is 0.0109. The number of aromatic nitrogens is 2. The molecule has 1 fully saturated rings. The summed E-state index contributed by atoms with van der Waals surface area (Å²) < 4.78 is 24.5. The first kappa shape index (κ1) is 17.5. The lowest BCUT2D eigenvalue weighted by Gasteiger charge is -2.22. The van der Waals surface area contributed by atoms with E-state index in [1.54, 1.807) is 17.9 Å². The summed E-state index contributed by atoms with van der Waals surface area (Å²) in [6, 6.07) is 4.19. The molecule has 0 saturated carbocycles. The number of carbonyl (C=O) groups is 1. The molecule has 134 valence electrons. The van der Waals surface area contributed by atoms with Gasteiger partial charge in [-0.2, -0.15) is 4.98 Å². The van der Waals surface area contributed by atoms with E-state index in [2.05, 4.69) is 10.1 Å². The fourth-order valence-electron chi connectivity index (χ4n) is 2.97. The van der Waals surface area contributed by atoms with Crippen LogP contribution in [0.25, 0.3) is 0 Å². The van der Waals surface area contributed by atoms with Crippen LogP contribution in [0.4, 0.5) is 4.39 Å². The number of carbonyl (C=O) groups excluding carboxylic acids is 1. The van der Waals surface area contributed by atoms with E-state index in [-0.39, 0.29) is 30.5 Å². The number of amides is 1. The van der Waals surface area contributed by atoms with Crippen LogP contribution >= 0.6 is 0 Å².